The molecule has 0 spiro atoms. The highest BCUT2D eigenvalue weighted by atomic mass is 33.1. The normalized spacial score (nSPS) is 20.6. The summed E-state index contributed by atoms with van der Waals surface area (Å²) in [6.07, 6.45) is 12.6. The summed E-state index contributed by atoms with van der Waals surface area (Å²) in [4.78, 5) is 8.63. The molecule has 0 amide bonds. The van der Waals surface area contributed by atoms with E-state index >= 15 is 0 Å². The lowest BCUT2D eigenvalue weighted by Crippen LogP contribution is -1.92. The second kappa shape index (κ2) is 5.41. The second-order valence-electron chi connectivity index (χ2n) is 3.04. The third-order valence-electron chi connectivity index (χ3n) is 1.91. The summed E-state index contributed by atoms with van der Waals surface area (Å²) in [6, 6.07) is 0. The van der Waals surface area contributed by atoms with Gasteiger partial charge in [0.15, 0.2) is 0 Å². The third kappa shape index (κ3) is 3.03. The largest absolute Gasteiger partial charge is 0.254 e. The minimum absolute atomic E-state index is 1.07. The minimum atomic E-state index is 1.07. The van der Waals surface area contributed by atoms with Crippen molar-refractivity contribution in [3.05, 3.63) is 23.4 Å². The molecule has 0 unspecified atom stereocenters. The fourth-order valence-corrected chi connectivity index (χ4v) is 3.23. The maximum absolute atomic E-state index is 4.32. The Hall–Kier alpha value is -0.480. The monoisotopic (exact) mass is 224 g/mol. The van der Waals surface area contributed by atoms with E-state index in [4.69, 9.17) is 0 Å². The smallest absolute Gasteiger partial charge is 0.102 e. The van der Waals surface area contributed by atoms with Gasteiger partial charge in [0.2, 0.25) is 0 Å². The van der Waals surface area contributed by atoms with E-state index in [9.17, 15) is 0 Å². The number of hydrogen-bond acceptors (Lipinski definition) is 4. The fourth-order valence-electron chi connectivity index (χ4n) is 1.18. The van der Waals surface area contributed by atoms with E-state index in [0.717, 1.165) is 30.7 Å². The first-order valence-corrected chi connectivity index (χ1v) is 6.89. The van der Waals surface area contributed by atoms with Crippen molar-refractivity contribution >= 4 is 32.8 Å². The lowest BCUT2D eigenvalue weighted by molar-refractivity contribution is 1.08. The maximum atomic E-state index is 4.32. The van der Waals surface area contributed by atoms with Gasteiger partial charge >= 0.3 is 0 Å². The highest BCUT2D eigenvalue weighted by molar-refractivity contribution is 8.83. The van der Waals surface area contributed by atoms with Gasteiger partial charge in [0.1, 0.15) is 5.03 Å². The first kappa shape index (κ1) is 10.1. The fraction of sp³-hybridized carbons (Fsp3) is 0.400. The summed E-state index contributed by atoms with van der Waals surface area (Å²) in [5.74, 6) is 0. The number of nitrogens with zero attached hydrogens (tertiary/aromatic N) is 2. The van der Waals surface area contributed by atoms with Crippen molar-refractivity contribution in [3.8, 4) is 0 Å². The molecular formula is C10H12N2S2. The van der Waals surface area contributed by atoms with Crippen LogP contribution in [0.25, 0.3) is 0 Å². The Morgan fingerprint density at radius 2 is 2.14 bits per heavy atom. The molecule has 0 N–H and O–H groups in total. The van der Waals surface area contributed by atoms with Gasteiger partial charge in [-0.25, -0.2) is 0 Å². The lowest BCUT2D eigenvalue weighted by atomic mass is 10.3. The van der Waals surface area contributed by atoms with E-state index in [1.54, 1.807) is 21.6 Å². The average molecular weight is 224 g/mol. The zero-order chi connectivity index (χ0) is 9.64. The molecule has 0 saturated carbocycles. The molecule has 0 fully saturated rings. The Labute approximate surface area is 92.1 Å². The second-order valence-corrected chi connectivity index (χ2v) is 5.27. The van der Waals surface area contributed by atoms with Gasteiger partial charge in [-0.2, -0.15) is 0 Å². The van der Waals surface area contributed by atoms with Crippen LogP contribution < -0.4 is 0 Å². The molecule has 74 valence electrons. The van der Waals surface area contributed by atoms with Crippen LogP contribution in [0.15, 0.2) is 33.4 Å². The third-order valence-corrected chi connectivity index (χ3v) is 4.27. The van der Waals surface area contributed by atoms with E-state index in [1.807, 2.05) is 12.4 Å². The van der Waals surface area contributed by atoms with Crippen molar-refractivity contribution in [2.24, 2.45) is 9.98 Å². The summed E-state index contributed by atoms with van der Waals surface area (Å²) in [6.45, 7) is 0. The molecule has 14 heavy (non-hydrogen) atoms. The Morgan fingerprint density at radius 1 is 1.14 bits per heavy atom. The molecule has 0 bridgehead atoms. The summed E-state index contributed by atoms with van der Waals surface area (Å²) in [5, 5.41) is 2.33. The van der Waals surface area contributed by atoms with Crippen molar-refractivity contribution in [2.75, 3.05) is 0 Å². The number of allylic oxidation sites excluding steroid dienone is 2. The van der Waals surface area contributed by atoms with Crippen LogP contribution in [0.4, 0.5) is 0 Å². The van der Waals surface area contributed by atoms with Crippen LogP contribution in [0.3, 0.4) is 0 Å². The molecule has 0 radical (unpaired) electrons. The molecule has 0 saturated heterocycles. The average Bonchev–Trinajstić information content (AvgIpc) is 2.29. The van der Waals surface area contributed by atoms with Gasteiger partial charge in [-0.15, -0.1) is 0 Å². The van der Waals surface area contributed by atoms with Crippen LogP contribution in [0, 0.1) is 0 Å². The zero-order valence-corrected chi connectivity index (χ0v) is 9.48. The molecule has 0 aromatic rings. The first-order valence-electron chi connectivity index (χ1n) is 4.74. The van der Waals surface area contributed by atoms with Crippen LogP contribution in [-0.2, 0) is 0 Å². The topological polar surface area (TPSA) is 24.7 Å². The van der Waals surface area contributed by atoms with Crippen LogP contribution >= 0.6 is 21.6 Å². The van der Waals surface area contributed by atoms with Gasteiger partial charge in [0, 0.05) is 18.8 Å². The predicted octanol–water partition coefficient (Wildman–Crippen LogP) is 3.78. The van der Waals surface area contributed by atoms with Gasteiger partial charge in [-0.05, 0) is 40.9 Å². The zero-order valence-electron chi connectivity index (χ0n) is 7.85. The molecule has 2 rings (SSSR count). The molecule has 2 aliphatic heterocycles. The van der Waals surface area contributed by atoms with E-state index in [1.165, 1.54) is 5.04 Å². The highest BCUT2D eigenvalue weighted by Gasteiger charge is 2.06. The standard InChI is InChI=1S/C10H12N2S2/c1-3-7-11-9(5-1)13-14-10-6-2-4-8-12-10/h3,6-8H,1-2,4-5H2. The Kier molecular flexibility index (Phi) is 3.89. The van der Waals surface area contributed by atoms with Gasteiger partial charge in [-0.1, -0.05) is 12.2 Å². The highest BCUT2D eigenvalue weighted by Crippen LogP contribution is 2.35. The Bertz CT molecular complexity index is 316. The number of hydrogen-bond donors (Lipinski definition) is 0. The number of aliphatic imine (C=N–C) groups is 2. The van der Waals surface area contributed by atoms with Gasteiger partial charge < -0.3 is 0 Å². The Morgan fingerprint density at radius 3 is 2.86 bits per heavy atom. The van der Waals surface area contributed by atoms with Crippen molar-refractivity contribution in [2.45, 2.75) is 25.7 Å². The lowest BCUT2D eigenvalue weighted by Gasteiger charge is -2.07. The molecule has 2 heterocycles. The predicted molar refractivity (Wildman–Crippen MR) is 66.8 cm³/mol. The summed E-state index contributed by atoms with van der Waals surface area (Å²) < 4.78 is 0. The Balaban J connectivity index is 1.81. The van der Waals surface area contributed by atoms with Gasteiger partial charge in [0.05, 0.1) is 5.04 Å². The molecule has 0 aliphatic carbocycles. The van der Waals surface area contributed by atoms with Crippen molar-refractivity contribution in [3.63, 3.8) is 0 Å². The van der Waals surface area contributed by atoms with E-state index in [0.29, 0.717) is 0 Å². The quantitative estimate of drug-likeness (QED) is 0.667. The van der Waals surface area contributed by atoms with Crippen molar-refractivity contribution in [1.29, 1.82) is 0 Å². The van der Waals surface area contributed by atoms with Gasteiger partial charge in [-0.3, -0.25) is 9.98 Å². The van der Waals surface area contributed by atoms with Crippen LogP contribution in [0.2, 0.25) is 0 Å². The van der Waals surface area contributed by atoms with Crippen LogP contribution in [0.1, 0.15) is 25.7 Å². The van der Waals surface area contributed by atoms with Crippen LogP contribution in [0.5, 0.6) is 0 Å². The molecule has 2 nitrogen and oxygen atoms in total. The molecule has 0 aromatic heterocycles. The van der Waals surface area contributed by atoms with Crippen molar-refractivity contribution in [1.82, 2.24) is 0 Å². The molecule has 2 aliphatic rings. The van der Waals surface area contributed by atoms with E-state index < -0.39 is 0 Å². The van der Waals surface area contributed by atoms with Crippen LogP contribution in [-0.4, -0.2) is 11.3 Å². The van der Waals surface area contributed by atoms with Gasteiger partial charge in [0.25, 0.3) is 0 Å². The number of rotatable bonds is 2. The van der Waals surface area contributed by atoms with E-state index in [-0.39, 0.29) is 0 Å². The SMILES string of the molecule is C1=CN=C(SSC2=CCCC=N2)CC1. The summed E-state index contributed by atoms with van der Waals surface area (Å²) in [5.41, 5.74) is 0. The molecule has 0 aromatic carbocycles. The molecule has 4 heteroatoms. The summed E-state index contributed by atoms with van der Waals surface area (Å²) in [7, 11) is 3.46. The van der Waals surface area contributed by atoms with E-state index in [2.05, 4.69) is 22.1 Å². The minimum Gasteiger partial charge on any atom is -0.254 e. The molecule has 0 atom stereocenters. The molecular weight excluding hydrogens is 212 g/mol. The first-order chi connectivity index (χ1) is 6.95. The maximum Gasteiger partial charge on any atom is 0.102 e. The van der Waals surface area contributed by atoms with Crippen molar-refractivity contribution < 1.29 is 0 Å². The summed E-state index contributed by atoms with van der Waals surface area (Å²) >= 11 is 0.